The zero-order valence-corrected chi connectivity index (χ0v) is 13.1. The minimum Gasteiger partial charge on any atom is -0.472 e. The maximum absolute atomic E-state index is 6.13. The van der Waals surface area contributed by atoms with Crippen molar-refractivity contribution in [3.63, 3.8) is 0 Å². The highest BCUT2D eigenvalue weighted by Gasteiger charge is 2.39. The fourth-order valence-corrected chi connectivity index (χ4v) is 3.81. The summed E-state index contributed by atoms with van der Waals surface area (Å²) in [7, 11) is 0. The number of fused-ring (bicyclic) bond motifs is 2. The average molecular weight is 312 g/mol. The molecule has 0 N–H and O–H groups in total. The number of rotatable bonds is 1. The van der Waals surface area contributed by atoms with Gasteiger partial charge >= 0.3 is 0 Å². The van der Waals surface area contributed by atoms with Gasteiger partial charge in [-0.1, -0.05) is 36.2 Å². The van der Waals surface area contributed by atoms with Gasteiger partial charge in [0, 0.05) is 10.6 Å². The summed E-state index contributed by atoms with van der Waals surface area (Å²) in [5, 5.41) is 0.761. The van der Waals surface area contributed by atoms with Crippen LogP contribution in [0, 0.1) is 0 Å². The Morgan fingerprint density at radius 3 is 2.59 bits per heavy atom. The summed E-state index contributed by atoms with van der Waals surface area (Å²) in [5.74, 6) is 0. The molecule has 0 bridgehead atoms. The Kier molecular flexibility index (Phi) is 3.42. The number of benzene rings is 2. The van der Waals surface area contributed by atoms with Crippen molar-refractivity contribution in [1.82, 2.24) is 0 Å². The van der Waals surface area contributed by atoms with Crippen LogP contribution in [-0.2, 0) is 10.3 Å². The van der Waals surface area contributed by atoms with Gasteiger partial charge in [0.05, 0.1) is 5.69 Å². The molecule has 1 saturated carbocycles. The molecule has 0 unspecified atom stereocenters. The van der Waals surface area contributed by atoms with E-state index in [1.54, 1.807) is 6.40 Å². The van der Waals surface area contributed by atoms with Crippen LogP contribution in [0.4, 0.5) is 5.69 Å². The summed E-state index contributed by atoms with van der Waals surface area (Å²) in [6.45, 7) is 0. The summed E-state index contributed by atoms with van der Waals surface area (Å²) in [6.07, 6.45) is 7.51. The van der Waals surface area contributed by atoms with Gasteiger partial charge in [0.2, 0.25) is 0 Å². The Balaban J connectivity index is 1.82. The molecule has 2 nitrogen and oxygen atoms in total. The van der Waals surface area contributed by atoms with Crippen molar-refractivity contribution in [3.8, 4) is 11.1 Å². The van der Waals surface area contributed by atoms with Gasteiger partial charge in [-0.15, -0.1) is 0 Å². The molecule has 0 radical (unpaired) electrons. The number of halogens is 1. The van der Waals surface area contributed by atoms with Crippen molar-refractivity contribution >= 4 is 23.7 Å². The molecule has 1 spiro atoms. The van der Waals surface area contributed by atoms with E-state index in [9.17, 15) is 0 Å². The van der Waals surface area contributed by atoms with E-state index in [1.165, 1.54) is 30.4 Å². The molecule has 4 rings (SSSR count). The average Bonchev–Trinajstić information content (AvgIpc) is 2.56. The number of aliphatic imine (C=N–C) groups is 1. The molecule has 2 aromatic carbocycles. The van der Waals surface area contributed by atoms with E-state index in [2.05, 4.69) is 29.3 Å². The van der Waals surface area contributed by atoms with Crippen LogP contribution < -0.4 is 0 Å². The Labute approximate surface area is 135 Å². The van der Waals surface area contributed by atoms with E-state index in [0.717, 1.165) is 29.1 Å². The molecule has 1 aliphatic carbocycles. The molecular formula is C19H18ClNO. The second-order valence-electron chi connectivity index (χ2n) is 6.15. The van der Waals surface area contributed by atoms with Crippen LogP contribution in [0.1, 0.15) is 37.7 Å². The van der Waals surface area contributed by atoms with E-state index in [4.69, 9.17) is 16.3 Å². The molecule has 0 aromatic heterocycles. The molecular weight excluding hydrogens is 294 g/mol. The molecule has 0 atom stereocenters. The van der Waals surface area contributed by atoms with Crippen LogP contribution in [0.25, 0.3) is 11.1 Å². The van der Waals surface area contributed by atoms with Crippen molar-refractivity contribution in [2.45, 2.75) is 37.7 Å². The van der Waals surface area contributed by atoms with Crippen LogP contribution in [-0.4, -0.2) is 6.40 Å². The van der Waals surface area contributed by atoms with E-state index >= 15 is 0 Å². The maximum atomic E-state index is 6.13. The summed E-state index contributed by atoms with van der Waals surface area (Å²) in [4.78, 5) is 4.42. The van der Waals surface area contributed by atoms with Crippen molar-refractivity contribution in [2.24, 2.45) is 4.99 Å². The number of hydrogen-bond acceptors (Lipinski definition) is 2. The van der Waals surface area contributed by atoms with Crippen molar-refractivity contribution in [2.75, 3.05) is 0 Å². The first-order valence-corrected chi connectivity index (χ1v) is 8.26. The summed E-state index contributed by atoms with van der Waals surface area (Å²) in [5.41, 5.74) is 4.40. The topological polar surface area (TPSA) is 21.6 Å². The summed E-state index contributed by atoms with van der Waals surface area (Å²) >= 11 is 6.13. The van der Waals surface area contributed by atoms with Crippen molar-refractivity contribution < 1.29 is 4.74 Å². The zero-order chi connectivity index (χ0) is 15.0. The van der Waals surface area contributed by atoms with Crippen molar-refractivity contribution in [3.05, 3.63) is 53.1 Å². The number of hydrogen-bond donors (Lipinski definition) is 0. The first-order chi connectivity index (χ1) is 10.8. The van der Waals surface area contributed by atoms with Gasteiger partial charge in [-0.25, -0.2) is 4.99 Å². The van der Waals surface area contributed by atoms with Crippen LogP contribution >= 0.6 is 11.6 Å². The smallest absolute Gasteiger partial charge is 0.175 e. The lowest BCUT2D eigenvalue weighted by molar-refractivity contribution is 0.0183. The standard InChI is InChI=1S/C19H18ClNO/c20-16-6-4-5-14(11-16)15-7-8-18-17(12-15)19(22-13-21-18)9-2-1-3-10-19/h4-8,11-13H,1-3,9-10H2. The SMILES string of the molecule is Clc1cccc(-c2ccc3c(c2)C2(CCCCC2)OC=N3)c1. The first kappa shape index (κ1) is 13.8. The lowest BCUT2D eigenvalue weighted by Crippen LogP contribution is -2.33. The monoisotopic (exact) mass is 311 g/mol. The van der Waals surface area contributed by atoms with Crippen molar-refractivity contribution in [1.29, 1.82) is 0 Å². The van der Waals surface area contributed by atoms with Crippen LogP contribution in [0.3, 0.4) is 0 Å². The minimum absolute atomic E-state index is 0.177. The normalized spacial score (nSPS) is 18.8. The number of nitrogens with zero attached hydrogens (tertiary/aromatic N) is 1. The number of ether oxygens (including phenoxy) is 1. The maximum Gasteiger partial charge on any atom is 0.175 e. The summed E-state index contributed by atoms with van der Waals surface area (Å²) < 4.78 is 6.03. The fourth-order valence-electron chi connectivity index (χ4n) is 3.62. The van der Waals surface area contributed by atoms with Gasteiger partial charge in [-0.2, -0.15) is 0 Å². The van der Waals surface area contributed by atoms with E-state index in [0.29, 0.717) is 0 Å². The zero-order valence-electron chi connectivity index (χ0n) is 12.4. The second kappa shape index (κ2) is 5.44. The van der Waals surface area contributed by atoms with E-state index < -0.39 is 0 Å². The molecule has 3 heteroatoms. The molecule has 0 saturated heterocycles. The largest absolute Gasteiger partial charge is 0.472 e. The van der Waals surface area contributed by atoms with Crippen LogP contribution in [0.15, 0.2) is 47.5 Å². The highest BCUT2D eigenvalue weighted by molar-refractivity contribution is 6.30. The van der Waals surface area contributed by atoms with Gasteiger partial charge < -0.3 is 4.74 Å². The van der Waals surface area contributed by atoms with Gasteiger partial charge in [0.1, 0.15) is 5.60 Å². The Hall–Kier alpha value is -1.80. The second-order valence-corrected chi connectivity index (χ2v) is 6.59. The molecule has 1 heterocycles. The predicted octanol–water partition coefficient (Wildman–Crippen LogP) is 5.86. The fraction of sp³-hybridized carbons (Fsp3) is 0.316. The molecule has 2 aliphatic rings. The quantitative estimate of drug-likeness (QED) is 0.646. The first-order valence-electron chi connectivity index (χ1n) is 7.88. The molecule has 1 fully saturated rings. The molecule has 112 valence electrons. The third-order valence-corrected chi connectivity index (χ3v) is 5.01. The Bertz CT molecular complexity index is 732. The van der Waals surface area contributed by atoms with Gasteiger partial charge in [-0.3, -0.25) is 0 Å². The summed E-state index contributed by atoms with van der Waals surface area (Å²) in [6, 6.07) is 14.4. The molecule has 0 amide bonds. The van der Waals surface area contributed by atoms with E-state index in [-0.39, 0.29) is 5.60 Å². The van der Waals surface area contributed by atoms with Crippen LogP contribution in [0.5, 0.6) is 0 Å². The molecule has 2 aromatic rings. The highest BCUT2D eigenvalue weighted by atomic mass is 35.5. The lowest BCUT2D eigenvalue weighted by atomic mass is 9.77. The van der Waals surface area contributed by atoms with Gasteiger partial charge in [0.25, 0.3) is 0 Å². The third kappa shape index (κ3) is 2.32. The lowest BCUT2D eigenvalue weighted by Gasteiger charge is -2.39. The Morgan fingerprint density at radius 1 is 0.955 bits per heavy atom. The van der Waals surface area contributed by atoms with Gasteiger partial charge in [-0.05, 0) is 61.1 Å². The third-order valence-electron chi connectivity index (χ3n) is 4.78. The van der Waals surface area contributed by atoms with Crippen LogP contribution in [0.2, 0.25) is 5.02 Å². The van der Waals surface area contributed by atoms with Gasteiger partial charge in [0.15, 0.2) is 6.40 Å². The van der Waals surface area contributed by atoms with E-state index in [1.807, 2.05) is 18.2 Å². The predicted molar refractivity (Wildman–Crippen MR) is 90.9 cm³/mol. The molecule has 22 heavy (non-hydrogen) atoms. The minimum atomic E-state index is -0.177. The highest BCUT2D eigenvalue weighted by Crippen LogP contribution is 2.47. The molecule has 1 aliphatic heterocycles. The Morgan fingerprint density at radius 2 is 1.77 bits per heavy atom.